The number of benzene rings is 1. The second-order valence-corrected chi connectivity index (χ2v) is 6.34. The van der Waals surface area contributed by atoms with Gasteiger partial charge in [0.25, 0.3) is 0 Å². The molecule has 0 aliphatic heterocycles. The van der Waals surface area contributed by atoms with E-state index in [1.807, 2.05) is 12.1 Å². The second-order valence-electron chi connectivity index (χ2n) is 6.34. The van der Waals surface area contributed by atoms with Crippen LogP contribution in [0.5, 0.6) is 0 Å². The van der Waals surface area contributed by atoms with E-state index in [0.29, 0.717) is 5.92 Å². The summed E-state index contributed by atoms with van der Waals surface area (Å²) in [6.45, 7) is 6.43. The normalized spacial score (nSPS) is 12.5. The molecule has 1 aromatic carbocycles. The fourth-order valence-electron chi connectivity index (χ4n) is 2.66. The van der Waals surface area contributed by atoms with Crippen molar-refractivity contribution in [3.05, 3.63) is 71.6 Å². The van der Waals surface area contributed by atoms with E-state index in [4.69, 9.17) is 0 Å². The first-order chi connectivity index (χ1) is 11.6. The number of hydrogen-bond donors (Lipinski definition) is 1. The smallest absolute Gasteiger partial charge is 0.244 e. The molecule has 0 radical (unpaired) electrons. The van der Waals surface area contributed by atoms with E-state index in [0.717, 1.165) is 24.0 Å². The number of aryl methyl sites for hydroxylation is 1. The number of nitrogens with zero attached hydrogens (tertiary/aromatic N) is 1. The van der Waals surface area contributed by atoms with E-state index in [2.05, 4.69) is 55.3 Å². The zero-order chi connectivity index (χ0) is 17.4. The highest BCUT2D eigenvalue weighted by molar-refractivity contribution is 5.92. The van der Waals surface area contributed by atoms with Crippen molar-refractivity contribution < 1.29 is 4.79 Å². The number of rotatable bonds is 7. The van der Waals surface area contributed by atoms with E-state index >= 15 is 0 Å². The average Bonchev–Trinajstić information content (AvgIpc) is 2.60. The highest BCUT2D eigenvalue weighted by atomic mass is 16.1. The summed E-state index contributed by atoms with van der Waals surface area (Å²) in [5.74, 6) is 0.239. The Kier molecular flexibility index (Phi) is 6.74. The van der Waals surface area contributed by atoms with Gasteiger partial charge in [0.1, 0.15) is 0 Å². The number of nitrogens with one attached hydrogen (secondary N) is 1. The summed E-state index contributed by atoms with van der Waals surface area (Å²) in [7, 11) is 0. The van der Waals surface area contributed by atoms with Gasteiger partial charge in [-0.05, 0) is 47.2 Å². The number of pyridine rings is 1. The highest BCUT2D eigenvalue weighted by Gasteiger charge is 2.17. The number of hydrogen-bond acceptors (Lipinski definition) is 2. The number of aromatic nitrogens is 1. The lowest BCUT2D eigenvalue weighted by atomic mass is 9.94. The summed E-state index contributed by atoms with van der Waals surface area (Å²) in [4.78, 5) is 16.2. The van der Waals surface area contributed by atoms with Crippen molar-refractivity contribution in [1.29, 1.82) is 0 Å². The molecule has 0 aliphatic carbocycles. The van der Waals surface area contributed by atoms with Crippen molar-refractivity contribution in [1.82, 2.24) is 10.3 Å². The summed E-state index contributed by atoms with van der Waals surface area (Å²) in [6, 6.07) is 12.3. The van der Waals surface area contributed by atoms with Crippen LogP contribution >= 0.6 is 0 Å². The first-order valence-corrected chi connectivity index (χ1v) is 8.57. The Morgan fingerprint density at radius 3 is 2.38 bits per heavy atom. The monoisotopic (exact) mass is 322 g/mol. The maximum absolute atomic E-state index is 12.3. The molecule has 1 aromatic heterocycles. The molecule has 1 N–H and O–H groups in total. The van der Waals surface area contributed by atoms with Gasteiger partial charge in [-0.1, -0.05) is 51.5 Å². The first kappa shape index (κ1) is 17.9. The molecule has 1 heterocycles. The van der Waals surface area contributed by atoms with Crippen LogP contribution in [0.3, 0.4) is 0 Å². The van der Waals surface area contributed by atoms with E-state index in [1.165, 1.54) is 5.56 Å². The molecule has 1 unspecified atom stereocenters. The fraction of sp³-hybridized carbons (Fsp3) is 0.333. The molecule has 0 saturated heterocycles. The van der Waals surface area contributed by atoms with E-state index in [1.54, 1.807) is 24.5 Å². The minimum atomic E-state index is -0.0804. The minimum absolute atomic E-state index is 0.00951. The predicted octanol–water partition coefficient (Wildman–Crippen LogP) is 4.56. The molecule has 2 aromatic rings. The molecule has 0 fully saturated rings. The molecule has 3 nitrogen and oxygen atoms in total. The van der Waals surface area contributed by atoms with Crippen molar-refractivity contribution in [2.24, 2.45) is 5.92 Å². The Morgan fingerprint density at radius 1 is 1.12 bits per heavy atom. The average molecular weight is 322 g/mol. The summed E-state index contributed by atoms with van der Waals surface area (Å²) < 4.78 is 0. The van der Waals surface area contributed by atoms with Crippen LogP contribution < -0.4 is 5.32 Å². The Hall–Kier alpha value is -2.42. The Morgan fingerprint density at radius 2 is 1.79 bits per heavy atom. The first-order valence-electron chi connectivity index (χ1n) is 8.57. The molecule has 0 aliphatic rings. The summed E-state index contributed by atoms with van der Waals surface area (Å²) in [5.41, 5.74) is 3.45. The molecule has 0 saturated carbocycles. The van der Waals surface area contributed by atoms with Crippen LogP contribution in [0.4, 0.5) is 0 Å². The summed E-state index contributed by atoms with van der Waals surface area (Å²) in [5, 5.41) is 3.11. The minimum Gasteiger partial charge on any atom is -0.345 e. The summed E-state index contributed by atoms with van der Waals surface area (Å²) in [6.07, 6.45) is 9.05. The van der Waals surface area contributed by atoms with Gasteiger partial charge in [-0.3, -0.25) is 9.78 Å². The maximum Gasteiger partial charge on any atom is 0.244 e. The van der Waals surface area contributed by atoms with Crippen molar-refractivity contribution in [2.75, 3.05) is 0 Å². The Bertz CT molecular complexity index is 660. The molecule has 2 rings (SSSR count). The third kappa shape index (κ3) is 5.34. The molecule has 126 valence electrons. The van der Waals surface area contributed by atoms with Crippen LogP contribution in [0.15, 0.2) is 54.9 Å². The van der Waals surface area contributed by atoms with E-state index < -0.39 is 0 Å². The molecule has 3 heteroatoms. The van der Waals surface area contributed by atoms with Crippen molar-refractivity contribution in [3.8, 4) is 0 Å². The second kappa shape index (κ2) is 9.02. The van der Waals surface area contributed by atoms with Gasteiger partial charge in [-0.25, -0.2) is 0 Å². The van der Waals surface area contributed by atoms with Gasteiger partial charge in [-0.15, -0.1) is 0 Å². The predicted molar refractivity (Wildman–Crippen MR) is 99.4 cm³/mol. The van der Waals surface area contributed by atoms with Gasteiger partial charge >= 0.3 is 0 Å². The zero-order valence-corrected chi connectivity index (χ0v) is 14.7. The van der Waals surface area contributed by atoms with Crippen LogP contribution in [0.2, 0.25) is 0 Å². The largest absolute Gasteiger partial charge is 0.345 e. The fourth-order valence-corrected chi connectivity index (χ4v) is 2.66. The lowest BCUT2D eigenvalue weighted by Gasteiger charge is -2.22. The number of carbonyl (C=O) groups is 1. The third-order valence-corrected chi connectivity index (χ3v) is 3.98. The zero-order valence-electron chi connectivity index (χ0n) is 14.7. The van der Waals surface area contributed by atoms with Gasteiger partial charge in [-0.2, -0.15) is 0 Å². The topological polar surface area (TPSA) is 42.0 Å². The van der Waals surface area contributed by atoms with E-state index in [-0.39, 0.29) is 11.9 Å². The third-order valence-electron chi connectivity index (χ3n) is 3.98. The number of amides is 1. The maximum atomic E-state index is 12.3. The molecular formula is C21H26N2O. The van der Waals surface area contributed by atoms with Gasteiger partial charge in [0.15, 0.2) is 0 Å². The van der Waals surface area contributed by atoms with Crippen LogP contribution in [0.1, 0.15) is 49.9 Å². The Labute approximate surface area is 144 Å². The van der Waals surface area contributed by atoms with Gasteiger partial charge in [0.05, 0.1) is 6.04 Å². The summed E-state index contributed by atoms with van der Waals surface area (Å²) >= 11 is 0. The van der Waals surface area contributed by atoms with Crippen LogP contribution in [-0.4, -0.2) is 10.9 Å². The highest BCUT2D eigenvalue weighted by Crippen LogP contribution is 2.22. The van der Waals surface area contributed by atoms with Gasteiger partial charge in [0.2, 0.25) is 5.91 Å². The van der Waals surface area contributed by atoms with Crippen molar-refractivity contribution in [3.63, 3.8) is 0 Å². The Balaban J connectivity index is 2.05. The molecule has 24 heavy (non-hydrogen) atoms. The van der Waals surface area contributed by atoms with E-state index in [9.17, 15) is 4.79 Å². The van der Waals surface area contributed by atoms with Gasteiger partial charge in [0, 0.05) is 18.5 Å². The SMILES string of the molecule is CCCc1ccc(C(NC(=O)/C=C/c2ccncc2)C(C)C)cc1. The van der Waals surface area contributed by atoms with Crippen LogP contribution in [0.25, 0.3) is 6.08 Å². The quantitative estimate of drug-likeness (QED) is 0.759. The molecule has 1 atom stereocenters. The number of carbonyl (C=O) groups excluding carboxylic acids is 1. The molecule has 0 spiro atoms. The molecule has 1 amide bonds. The van der Waals surface area contributed by atoms with Crippen LogP contribution in [0, 0.1) is 5.92 Å². The lowest BCUT2D eigenvalue weighted by molar-refractivity contribution is -0.117. The molecular weight excluding hydrogens is 296 g/mol. The standard InChI is InChI=1S/C21H26N2O/c1-4-5-17-6-9-19(10-7-17)21(16(2)3)23-20(24)11-8-18-12-14-22-15-13-18/h6-16,21H,4-5H2,1-3H3,(H,23,24)/b11-8+. The van der Waals surface area contributed by atoms with Crippen molar-refractivity contribution in [2.45, 2.75) is 39.7 Å². The molecule has 0 bridgehead atoms. The van der Waals surface area contributed by atoms with Crippen molar-refractivity contribution >= 4 is 12.0 Å². The van der Waals surface area contributed by atoms with Gasteiger partial charge < -0.3 is 5.32 Å². The lowest BCUT2D eigenvalue weighted by Crippen LogP contribution is -2.30. The van der Waals surface area contributed by atoms with Crippen LogP contribution in [-0.2, 0) is 11.2 Å².